The standard InChI is InChI=1S/C16H20N2O3/c1-3-11(2)12-4-6-13(7-5-12)21-10-15-14(8-9-20-15)16(19)18-17/h4-9,11H,3,10,17H2,1-2H3,(H,18,19). The lowest BCUT2D eigenvalue weighted by atomic mass is 9.99. The summed E-state index contributed by atoms with van der Waals surface area (Å²) in [6.45, 7) is 4.53. The molecule has 0 aliphatic heterocycles. The predicted molar refractivity (Wildman–Crippen MR) is 79.8 cm³/mol. The van der Waals surface area contributed by atoms with Gasteiger partial charge in [-0.2, -0.15) is 0 Å². The van der Waals surface area contributed by atoms with Gasteiger partial charge < -0.3 is 9.15 Å². The number of benzene rings is 1. The van der Waals surface area contributed by atoms with Crippen molar-refractivity contribution in [3.05, 3.63) is 53.5 Å². The molecule has 5 nitrogen and oxygen atoms in total. The molecule has 1 atom stereocenters. The van der Waals surface area contributed by atoms with Gasteiger partial charge in [-0.3, -0.25) is 10.2 Å². The maximum absolute atomic E-state index is 11.5. The fourth-order valence-corrected chi connectivity index (χ4v) is 2.01. The number of ether oxygens (including phenoxy) is 1. The minimum Gasteiger partial charge on any atom is -0.486 e. The van der Waals surface area contributed by atoms with Crippen LogP contribution in [0.15, 0.2) is 41.0 Å². The van der Waals surface area contributed by atoms with Gasteiger partial charge in [-0.05, 0) is 36.1 Å². The molecule has 3 N–H and O–H groups in total. The van der Waals surface area contributed by atoms with Gasteiger partial charge in [0.15, 0.2) is 5.76 Å². The second kappa shape index (κ2) is 6.95. The van der Waals surface area contributed by atoms with Crippen molar-refractivity contribution >= 4 is 5.91 Å². The normalized spacial score (nSPS) is 12.0. The van der Waals surface area contributed by atoms with Crippen LogP contribution in [0.2, 0.25) is 0 Å². The van der Waals surface area contributed by atoms with E-state index in [0.717, 1.165) is 12.2 Å². The van der Waals surface area contributed by atoms with E-state index in [1.165, 1.54) is 11.8 Å². The Kier molecular flexibility index (Phi) is 5.00. The number of hydrogen-bond donors (Lipinski definition) is 2. The molecule has 1 unspecified atom stereocenters. The second-order valence-corrected chi connectivity index (χ2v) is 4.90. The lowest BCUT2D eigenvalue weighted by molar-refractivity contribution is 0.0949. The molecule has 2 aromatic rings. The van der Waals surface area contributed by atoms with E-state index in [1.54, 1.807) is 6.07 Å². The van der Waals surface area contributed by atoms with Crippen LogP contribution in [0.5, 0.6) is 5.75 Å². The number of amides is 1. The molecule has 112 valence electrons. The Morgan fingerprint density at radius 3 is 2.67 bits per heavy atom. The van der Waals surface area contributed by atoms with Gasteiger partial charge in [0, 0.05) is 0 Å². The van der Waals surface area contributed by atoms with E-state index in [-0.39, 0.29) is 6.61 Å². The molecule has 0 spiro atoms. The van der Waals surface area contributed by atoms with Crippen LogP contribution in [-0.4, -0.2) is 5.91 Å². The molecular formula is C16H20N2O3. The van der Waals surface area contributed by atoms with Gasteiger partial charge in [0.2, 0.25) is 0 Å². The quantitative estimate of drug-likeness (QED) is 0.486. The first-order valence-corrected chi connectivity index (χ1v) is 6.95. The van der Waals surface area contributed by atoms with Gasteiger partial charge in [0.25, 0.3) is 5.91 Å². The zero-order valence-electron chi connectivity index (χ0n) is 12.3. The maximum Gasteiger partial charge on any atom is 0.268 e. The van der Waals surface area contributed by atoms with E-state index in [9.17, 15) is 4.79 Å². The fraction of sp³-hybridized carbons (Fsp3) is 0.312. The summed E-state index contributed by atoms with van der Waals surface area (Å²) >= 11 is 0. The van der Waals surface area contributed by atoms with Crippen LogP contribution >= 0.6 is 0 Å². The topological polar surface area (TPSA) is 77.5 Å². The van der Waals surface area contributed by atoms with E-state index in [4.69, 9.17) is 15.0 Å². The highest BCUT2D eigenvalue weighted by molar-refractivity contribution is 5.94. The molecule has 0 aliphatic carbocycles. The molecule has 21 heavy (non-hydrogen) atoms. The van der Waals surface area contributed by atoms with E-state index in [2.05, 4.69) is 31.4 Å². The summed E-state index contributed by atoms with van der Waals surface area (Å²) in [7, 11) is 0. The summed E-state index contributed by atoms with van der Waals surface area (Å²) in [4.78, 5) is 11.5. The summed E-state index contributed by atoms with van der Waals surface area (Å²) < 4.78 is 10.9. The number of hydrazine groups is 1. The molecule has 0 fully saturated rings. The highest BCUT2D eigenvalue weighted by Gasteiger charge is 2.14. The van der Waals surface area contributed by atoms with Crippen LogP contribution < -0.4 is 16.0 Å². The third kappa shape index (κ3) is 3.64. The van der Waals surface area contributed by atoms with Crippen LogP contribution in [-0.2, 0) is 6.61 Å². The molecule has 0 bridgehead atoms. The maximum atomic E-state index is 11.5. The Morgan fingerprint density at radius 1 is 1.33 bits per heavy atom. The SMILES string of the molecule is CCC(C)c1ccc(OCc2occc2C(=O)NN)cc1. The second-order valence-electron chi connectivity index (χ2n) is 4.90. The molecule has 0 saturated heterocycles. The van der Waals surface area contributed by atoms with Gasteiger partial charge in [0.1, 0.15) is 12.4 Å². The van der Waals surface area contributed by atoms with Gasteiger partial charge in [-0.25, -0.2) is 5.84 Å². The first-order valence-electron chi connectivity index (χ1n) is 6.95. The number of carbonyl (C=O) groups excluding carboxylic acids is 1. The average Bonchev–Trinajstić information content (AvgIpc) is 3.00. The Hall–Kier alpha value is -2.27. The third-order valence-electron chi connectivity index (χ3n) is 3.55. The van der Waals surface area contributed by atoms with Crippen LogP contribution in [0, 0.1) is 0 Å². The van der Waals surface area contributed by atoms with Crippen LogP contribution in [0.3, 0.4) is 0 Å². The largest absolute Gasteiger partial charge is 0.486 e. The molecule has 0 aliphatic rings. The summed E-state index contributed by atoms with van der Waals surface area (Å²) in [5.74, 6) is 6.43. The number of carbonyl (C=O) groups is 1. The Balaban J connectivity index is 2.00. The van der Waals surface area contributed by atoms with Crippen molar-refractivity contribution in [2.75, 3.05) is 0 Å². The van der Waals surface area contributed by atoms with E-state index in [0.29, 0.717) is 17.2 Å². The smallest absolute Gasteiger partial charge is 0.268 e. The Labute approximate surface area is 124 Å². The Bertz CT molecular complexity index is 590. The molecular weight excluding hydrogens is 268 g/mol. The summed E-state index contributed by atoms with van der Waals surface area (Å²) in [5.41, 5.74) is 3.74. The predicted octanol–water partition coefficient (Wildman–Crippen LogP) is 2.98. The van der Waals surface area contributed by atoms with Crippen molar-refractivity contribution in [3.63, 3.8) is 0 Å². The lowest BCUT2D eigenvalue weighted by Gasteiger charge is -2.10. The number of rotatable bonds is 6. The summed E-state index contributed by atoms with van der Waals surface area (Å²) in [6, 6.07) is 9.52. The molecule has 1 aromatic carbocycles. The Morgan fingerprint density at radius 2 is 2.05 bits per heavy atom. The number of nitrogen functional groups attached to an aromatic ring is 1. The molecule has 2 rings (SSSR count). The van der Waals surface area contributed by atoms with Gasteiger partial charge in [-0.1, -0.05) is 26.0 Å². The number of nitrogens with one attached hydrogen (secondary N) is 1. The fourth-order valence-electron chi connectivity index (χ4n) is 2.01. The number of nitrogens with two attached hydrogens (primary N) is 1. The molecule has 1 amide bonds. The van der Waals surface area contributed by atoms with Crippen LogP contribution in [0.25, 0.3) is 0 Å². The van der Waals surface area contributed by atoms with Crippen molar-refractivity contribution in [2.24, 2.45) is 5.84 Å². The highest BCUT2D eigenvalue weighted by Crippen LogP contribution is 2.22. The first kappa shape index (κ1) is 15.1. The van der Waals surface area contributed by atoms with Crippen LogP contribution in [0.1, 0.15) is 47.9 Å². The first-order chi connectivity index (χ1) is 10.2. The molecule has 1 aromatic heterocycles. The van der Waals surface area contributed by atoms with Gasteiger partial charge >= 0.3 is 0 Å². The molecule has 1 heterocycles. The van der Waals surface area contributed by atoms with Crippen molar-refractivity contribution < 1.29 is 13.9 Å². The molecule has 5 heteroatoms. The van der Waals surface area contributed by atoms with Crippen molar-refractivity contribution in [2.45, 2.75) is 32.8 Å². The lowest BCUT2D eigenvalue weighted by Crippen LogP contribution is -2.30. The minimum atomic E-state index is -0.394. The average molecular weight is 288 g/mol. The number of furan rings is 1. The molecule has 0 radical (unpaired) electrons. The van der Waals surface area contributed by atoms with Gasteiger partial charge in [-0.15, -0.1) is 0 Å². The zero-order valence-corrected chi connectivity index (χ0v) is 12.3. The highest BCUT2D eigenvalue weighted by atomic mass is 16.5. The monoisotopic (exact) mass is 288 g/mol. The minimum absolute atomic E-state index is 0.179. The van der Waals surface area contributed by atoms with Crippen molar-refractivity contribution in [3.8, 4) is 5.75 Å². The number of hydrogen-bond acceptors (Lipinski definition) is 4. The van der Waals surface area contributed by atoms with Crippen molar-refractivity contribution in [1.29, 1.82) is 0 Å². The van der Waals surface area contributed by atoms with E-state index < -0.39 is 5.91 Å². The third-order valence-corrected chi connectivity index (χ3v) is 3.55. The van der Waals surface area contributed by atoms with Gasteiger partial charge in [0.05, 0.1) is 11.8 Å². The zero-order chi connectivity index (χ0) is 15.2. The van der Waals surface area contributed by atoms with E-state index in [1.807, 2.05) is 12.1 Å². The van der Waals surface area contributed by atoms with Crippen LogP contribution in [0.4, 0.5) is 0 Å². The summed E-state index contributed by atoms with van der Waals surface area (Å²) in [6.07, 6.45) is 2.54. The molecule has 0 saturated carbocycles. The van der Waals surface area contributed by atoms with E-state index >= 15 is 0 Å². The van der Waals surface area contributed by atoms with Crippen molar-refractivity contribution in [1.82, 2.24) is 5.43 Å². The summed E-state index contributed by atoms with van der Waals surface area (Å²) in [5, 5.41) is 0.